The Labute approximate surface area is 203 Å². The molecule has 1 heterocycles. The minimum Gasteiger partial charge on any atom is -0.493 e. The SMILES string of the molecule is CCC(CC)COc1ccc(CS(=O)(=O)C2(C(=O)NO)CCN(Cc3ccccc3)CC2)cc1. The molecule has 3 rings (SSSR count). The zero-order valence-corrected chi connectivity index (χ0v) is 20.9. The molecule has 0 bridgehead atoms. The Kier molecular flexibility index (Phi) is 9.10. The van der Waals surface area contributed by atoms with Crippen LogP contribution in [0.2, 0.25) is 0 Å². The van der Waals surface area contributed by atoms with Crippen molar-refractivity contribution in [2.45, 2.75) is 56.6 Å². The molecular formula is C26H36N2O5S. The number of piperidine rings is 1. The van der Waals surface area contributed by atoms with E-state index in [1.807, 2.05) is 30.3 Å². The quantitative estimate of drug-likeness (QED) is 0.367. The summed E-state index contributed by atoms with van der Waals surface area (Å²) >= 11 is 0. The van der Waals surface area contributed by atoms with Gasteiger partial charge in [0.25, 0.3) is 5.91 Å². The first-order valence-corrected chi connectivity index (χ1v) is 13.6. The van der Waals surface area contributed by atoms with Crippen molar-refractivity contribution in [3.8, 4) is 5.75 Å². The van der Waals surface area contributed by atoms with Crippen molar-refractivity contribution < 1.29 is 23.2 Å². The Morgan fingerprint density at radius 1 is 1.03 bits per heavy atom. The summed E-state index contributed by atoms with van der Waals surface area (Å²) in [5.41, 5.74) is 3.35. The molecule has 7 nitrogen and oxygen atoms in total. The maximum absolute atomic E-state index is 13.5. The van der Waals surface area contributed by atoms with Crippen LogP contribution in [0.4, 0.5) is 0 Å². The predicted molar refractivity (Wildman–Crippen MR) is 132 cm³/mol. The summed E-state index contributed by atoms with van der Waals surface area (Å²) < 4.78 is 31.2. The maximum Gasteiger partial charge on any atom is 0.264 e. The smallest absolute Gasteiger partial charge is 0.264 e. The van der Waals surface area contributed by atoms with E-state index in [4.69, 9.17) is 4.74 Å². The Bertz CT molecular complexity index is 1010. The van der Waals surface area contributed by atoms with Gasteiger partial charge in [-0.2, -0.15) is 0 Å². The lowest BCUT2D eigenvalue weighted by molar-refractivity contribution is -0.133. The molecule has 8 heteroatoms. The van der Waals surface area contributed by atoms with E-state index >= 15 is 0 Å². The van der Waals surface area contributed by atoms with E-state index in [-0.39, 0.29) is 18.6 Å². The first-order chi connectivity index (χ1) is 16.3. The second-order valence-corrected chi connectivity index (χ2v) is 11.4. The van der Waals surface area contributed by atoms with Crippen LogP contribution in [0.15, 0.2) is 54.6 Å². The van der Waals surface area contributed by atoms with Crippen LogP contribution in [0.25, 0.3) is 0 Å². The Hall–Kier alpha value is -2.42. The minimum atomic E-state index is -3.89. The average molecular weight is 489 g/mol. The number of amides is 1. The molecular weight excluding hydrogens is 452 g/mol. The van der Waals surface area contributed by atoms with Crippen molar-refractivity contribution in [2.24, 2.45) is 5.92 Å². The van der Waals surface area contributed by atoms with Gasteiger partial charge in [0.1, 0.15) is 5.75 Å². The Morgan fingerprint density at radius 3 is 2.21 bits per heavy atom. The van der Waals surface area contributed by atoms with Gasteiger partial charge in [-0.15, -0.1) is 0 Å². The van der Waals surface area contributed by atoms with Crippen LogP contribution in [-0.4, -0.2) is 48.9 Å². The van der Waals surface area contributed by atoms with Gasteiger partial charge < -0.3 is 4.74 Å². The van der Waals surface area contributed by atoms with Gasteiger partial charge in [-0.05, 0) is 42.0 Å². The molecule has 0 spiro atoms. The summed E-state index contributed by atoms with van der Waals surface area (Å²) in [4.78, 5) is 14.8. The van der Waals surface area contributed by atoms with Gasteiger partial charge in [0.05, 0.1) is 12.4 Å². The molecule has 34 heavy (non-hydrogen) atoms. The molecule has 0 aliphatic carbocycles. The lowest BCUT2D eigenvalue weighted by atomic mass is 9.94. The summed E-state index contributed by atoms with van der Waals surface area (Å²) in [6, 6.07) is 16.9. The Morgan fingerprint density at radius 2 is 1.65 bits per heavy atom. The number of rotatable bonds is 11. The zero-order valence-electron chi connectivity index (χ0n) is 20.1. The molecule has 0 unspecified atom stereocenters. The number of carbonyl (C=O) groups excluding carboxylic acids is 1. The monoisotopic (exact) mass is 488 g/mol. The fraction of sp³-hybridized carbons (Fsp3) is 0.500. The van der Waals surface area contributed by atoms with Gasteiger partial charge in [-0.3, -0.25) is 14.9 Å². The van der Waals surface area contributed by atoms with Gasteiger partial charge in [-0.25, -0.2) is 13.9 Å². The number of benzene rings is 2. The number of hydrogen-bond acceptors (Lipinski definition) is 6. The van der Waals surface area contributed by atoms with Crippen molar-refractivity contribution >= 4 is 15.7 Å². The molecule has 0 atom stereocenters. The molecule has 2 aromatic carbocycles. The molecule has 0 aromatic heterocycles. The van der Waals surface area contributed by atoms with E-state index in [2.05, 4.69) is 18.7 Å². The summed E-state index contributed by atoms with van der Waals surface area (Å²) in [5.74, 6) is 0.0677. The second kappa shape index (κ2) is 11.8. The van der Waals surface area contributed by atoms with E-state index in [1.165, 1.54) is 0 Å². The van der Waals surface area contributed by atoms with Crippen LogP contribution >= 0.6 is 0 Å². The number of hydroxylamine groups is 1. The van der Waals surface area contributed by atoms with Crippen molar-refractivity contribution in [3.05, 3.63) is 65.7 Å². The van der Waals surface area contributed by atoms with Gasteiger partial charge >= 0.3 is 0 Å². The highest BCUT2D eigenvalue weighted by Gasteiger charge is 2.51. The number of likely N-dealkylation sites (tertiary alicyclic amines) is 1. The third kappa shape index (κ3) is 6.17. The van der Waals surface area contributed by atoms with Crippen LogP contribution < -0.4 is 10.2 Å². The Balaban J connectivity index is 1.68. The molecule has 1 fully saturated rings. The molecule has 1 saturated heterocycles. The average Bonchev–Trinajstić information content (AvgIpc) is 2.86. The number of sulfone groups is 1. The second-order valence-electron chi connectivity index (χ2n) is 9.09. The standard InChI is InChI=1S/C26H36N2O5S/c1-3-21(4-2)19-33-24-12-10-23(11-13-24)20-34(31,32)26(25(29)27-30)14-16-28(17-15-26)18-22-8-6-5-7-9-22/h5-13,21,30H,3-4,14-20H2,1-2H3,(H,27,29). The van der Waals surface area contributed by atoms with Crippen molar-refractivity contribution in [3.63, 3.8) is 0 Å². The molecule has 2 aromatic rings. The fourth-order valence-corrected chi connectivity index (χ4v) is 6.51. The normalized spacial score (nSPS) is 16.4. The number of nitrogens with one attached hydrogen (secondary N) is 1. The van der Waals surface area contributed by atoms with E-state index in [1.54, 1.807) is 29.7 Å². The van der Waals surface area contributed by atoms with Crippen LogP contribution in [0, 0.1) is 5.92 Å². The van der Waals surface area contributed by atoms with Crippen LogP contribution in [0.1, 0.15) is 50.7 Å². The minimum absolute atomic E-state index is 0.130. The van der Waals surface area contributed by atoms with Crippen molar-refractivity contribution in [2.75, 3.05) is 19.7 Å². The first kappa shape index (κ1) is 26.2. The summed E-state index contributed by atoms with van der Waals surface area (Å²) in [5, 5.41) is 9.37. The zero-order chi connectivity index (χ0) is 24.6. The highest BCUT2D eigenvalue weighted by Crippen LogP contribution is 2.34. The molecule has 0 radical (unpaired) electrons. The molecule has 186 valence electrons. The lowest BCUT2D eigenvalue weighted by Crippen LogP contribution is -2.57. The van der Waals surface area contributed by atoms with Gasteiger partial charge in [0.15, 0.2) is 14.6 Å². The third-order valence-corrected chi connectivity index (χ3v) is 9.44. The predicted octanol–water partition coefficient (Wildman–Crippen LogP) is 3.96. The first-order valence-electron chi connectivity index (χ1n) is 12.0. The highest BCUT2D eigenvalue weighted by molar-refractivity contribution is 7.92. The number of nitrogens with zero attached hydrogens (tertiary/aromatic N) is 1. The van der Waals surface area contributed by atoms with E-state index in [0.717, 1.165) is 18.4 Å². The fourth-order valence-electron chi connectivity index (χ4n) is 4.47. The summed E-state index contributed by atoms with van der Waals surface area (Å²) in [6.07, 6.45) is 2.35. The molecule has 1 aliphatic heterocycles. The van der Waals surface area contributed by atoms with Crippen LogP contribution in [0.3, 0.4) is 0 Å². The topological polar surface area (TPSA) is 95.9 Å². The van der Waals surface area contributed by atoms with Crippen LogP contribution in [-0.2, 0) is 26.9 Å². The van der Waals surface area contributed by atoms with E-state index in [0.29, 0.717) is 43.5 Å². The van der Waals surface area contributed by atoms with Crippen LogP contribution in [0.5, 0.6) is 5.75 Å². The summed E-state index contributed by atoms with van der Waals surface area (Å²) in [7, 11) is -3.89. The molecule has 1 aliphatic rings. The third-order valence-electron chi connectivity index (χ3n) is 6.94. The maximum atomic E-state index is 13.5. The molecule has 1 amide bonds. The number of ether oxygens (including phenoxy) is 1. The number of carbonyl (C=O) groups is 1. The molecule has 0 saturated carbocycles. The number of hydrogen-bond donors (Lipinski definition) is 2. The van der Waals surface area contributed by atoms with E-state index in [9.17, 15) is 18.4 Å². The molecule has 2 N–H and O–H groups in total. The van der Waals surface area contributed by atoms with Gasteiger partial charge in [0, 0.05) is 19.6 Å². The van der Waals surface area contributed by atoms with Crippen molar-refractivity contribution in [1.29, 1.82) is 0 Å². The lowest BCUT2D eigenvalue weighted by Gasteiger charge is -2.39. The van der Waals surface area contributed by atoms with E-state index < -0.39 is 20.5 Å². The largest absolute Gasteiger partial charge is 0.493 e. The van der Waals surface area contributed by atoms with Crippen molar-refractivity contribution in [1.82, 2.24) is 10.4 Å². The highest BCUT2D eigenvalue weighted by atomic mass is 32.2. The summed E-state index contributed by atoms with van der Waals surface area (Å²) in [6.45, 7) is 6.49. The van der Waals surface area contributed by atoms with Gasteiger partial charge in [0.2, 0.25) is 0 Å². The van der Waals surface area contributed by atoms with Gasteiger partial charge in [-0.1, -0.05) is 69.2 Å².